The monoisotopic (exact) mass is 508 g/mol. The largest absolute Gasteiger partial charge is 0.444 e. The third kappa shape index (κ3) is 6.63. The minimum absolute atomic E-state index is 0.279. The van der Waals surface area contributed by atoms with Gasteiger partial charge in [0.15, 0.2) is 5.65 Å². The first-order valence-corrected chi connectivity index (χ1v) is 15.2. The number of halogens is 1. The van der Waals surface area contributed by atoms with Gasteiger partial charge in [-0.3, -0.25) is 0 Å². The molecule has 2 aromatic heterocycles. The highest BCUT2D eigenvalue weighted by Gasteiger charge is 2.25. The van der Waals surface area contributed by atoms with E-state index in [1.54, 1.807) is 11.1 Å². The van der Waals surface area contributed by atoms with Gasteiger partial charge in [0.25, 0.3) is 0 Å². The Labute approximate surface area is 193 Å². The maximum Gasteiger partial charge on any atom is 0.410 e. The van der Waals surface area contributed by atoms with Crippen LogP contribution in [0, 0.1) is 0 Å². The Morgan fingerprint density at radius 2 is 2.03 bits per heavy atom. The number of aromatic nitrogens is 3. The molecule has 3 rings (SSSR count). The van der Waals surface area contributed by atoms with Gasteiger partial charge in [0.2, 0.25) is 0 Å². The second-order valence-electron chi connectivity index (χ2n) is 10.1. The molecule has 0 saturated heterocycles. The highest BCUT2D eigenvalue weighted by molar-refractivity contribution is 9.10. The lowest BCUT2D eigenvalue weighted by atomic mass is 10.0. The summed E-state index contributed by atoms with van der Waals surface area (Å²) in [5, 5.41) is 5.82. The highest BCUT2D eigenvalue weighted by Crippen LogP contribution is 2.30. The molecule has 9 heteroatoms. The van der Waals surface area contributed by atoms with Gasteiger partial charge in [-0.15, -0.1) is 0 Å². The summed E-state index contributed by atoms with van der Waals surface area (Å²) < 4.78 is 14.2. The van der Waals surface area contributed by atoms with Crippen molar-refractivity contribution in [1.82, 2.24) is 19.7 Å². The zero-order valence-corrected chi connectivity index (χ0v) is 22.0. The molecule has 0 aromatic carbocycles. The molecule has 0 N–H and O–H groups in total. The zero-order chi connectivity index (χ0) is 22.8. The Morgan fingerprint density at radius 1 is 1.29 bits per heavy atom. The van der Waals surface area contributed by atoms with Crippen molar-refractivity contribution in [3.05, 3.63) is 28.5 Å². The first-order chi connectivity index (χ1) is 14.4. The predicted octanol–water partition coefficient (Wildman–Crippen LogP) is 5.53. The number of hydrogen-bond donors (Lipinski definition) is 0. The molecule has 0 bridgehead atoms. The molecule has 0 atom stereocenters. The van der Waals surface area contributed by atoms with Gasteiger partial charge >= 0.3 is 6.09 Å². The van der Waals surface area contributed by atoms with Gasteiger partial charge in [-0.2, -0.15) is 5.10 Å². The van der Waals surface area contributed by atoms with Crippen molar-refractivity contribution in [3.63, 3.8) is 0 Å². The highest BCUT2D eigenvalue weighted by atomic mass is 79.9. The number of ether oxygens (including phenoxy) is 2. The van der Waals surface area contributed by atoms with E-state index in [9.17, 15) is 4.79 Å². The van der Waals surface area contributed by atoms with Crippen LogP contribution in [0.1, 0.15) is 32.9 Å². The summed E-state index contributed by atoms with van der Waals surface area (Å²) in [6.07, 6.45) is 4.28. The number of amides is 1. The number of pyridine rings is 1. The van der Waals surface area contributed by atoms with Gasteiger partial charge in [-0.1, -0.05) is 25.7 Å². The normalized spacial score (nSPS) is 15.3. The molecule has 0 radical (unpaired) electrons. The van der Waals surface area contributed by atoms with Crippen molar-refractivity contribution in [1.29, 1.82) is 0 Å². The van der Waals surface area contributed by atoms with Crippen LogP contribution in [0.4, 0.5) is 4.79 Å². The van der Waals surface area contributed by atoms with E-state index >= 15 is 0 Å². The van der Waals surface area contributed by atoms with Crippen LogP contribution in [0.2, 0.25) is 25.7 Å². The quantitative estimate of drug-likeness (QED) is 0.378. The first kappa shape index (κ1) is 23.9. The molecule has 7 nitrogen and oxygen atoms in total. The summed E-state index contributed by atoms with van der Waals surface area (Å²) in [5.74, 6) is 0. The standard InChI is InChI=1S/C22H33BrN4O3Si/c1-22(2,3)30-21(28)26-9-7-16(8-10-26)19-18-13-17(23)14-24-20(18)27(25-19)15-29-11-12-31(4,5)6/h7,13-14H,8-12,15H2,1-6H3. The molecular weight excluding hydrogens is 476 g/mol. The van der Waals surface area contributed by atoms with Crippen LogP contribution in [0.15, 0.2) is 22.8 Å². The molecule has 0 aliphatic carbocycles. The molecule has 1 amide bonds. The van der Waals surface area contributed by atoms with Crippen molar-refractivity contribution < 1.29 is 14.3 Å². The minimum atomic E-state index is -1.14. The second kappa shape index (κ2) is 9.42. The molecule has 0 unspecified atom stereocenters. The summed E-state index contributed by atoms with van der Waals surface area (Å²) in [6.45, 7) is 14.9. The number of carbonyl (C=O) groups is 1. The maximum atomic E-state index is 12.4. The first-order valence-electron chi connectivity index (χ1n) is 10.7. The van der Waals surface area contributed by atoms with Crippen LogP contribution >= 0.6 is 15.9 Å². The molecule has 1 aliphatic rings. The topological polar surface area (TPSA) is 69.5 Å². The smallest absolute Gasteiger partial charge is 0.410 e. The van der Waals surface area contributed by atoms with Gasteiger partial charge in [-0.05, 0) is 60.8 Å². The van der Waals surface area contributed by atoms with E-state index in [4.69, 9.17) is 14.6 Å². The van der Waals surface area contributed by atoms with E-state index in [1.807, 2.05) is 31.5 Å². The summed E-state index contributed by atoms with van der Waals surface area (Å²) in [6, 6.07) is 3.16. The number of fused-ring (bicyclic) bond motifs is 1. The van der Waals surface area contributed by atoms with Crippen LogP contribution in [0.3, 0.4) is 0 Å². The average Bonchev–Trinajstić information content (AvgIpc) is 3.01. The Hall–Kier alpha value is -1.71. The van der Waals surface area contributed by atoms with Gasteiger partial charge in [0, 0.05) is 43.8 Å². The molecule has 0 saturated carbocycles. The van der Waals surface area contributed by atoms with Crippen molar-refractivity contribution >= 4 is 46.7 Å². The lowest BCUT2D eigenvalue weighted by molar-refractivity contribution is 0.0270. The summed E-state index contributed by atoms with van der Waals surface area (Å²) in [5.41, 5.74) is 2.33. The van der Waals surface area contributed by atoms with Crippen LogP contribution in [-0.4, -0.2) is 59.1 Å². The second-order valence-corrected chi connectivity index (χ2v) is 16.7. The van der Waals surface area contributed by atoms with E-state index < -0.39 is 13.7 Å². The fourth-order valence-corrected chi connectivity index (χ4v) is 4.36. The summed E-state index contributed by atoms with van der Waals surface area (Å²) in [7, 11) is -1.14. The number of hydrogen-bond acceptors (Lipinski definition) is 5. The fourth-order valence-electron chi connectivity index (χ4n) is 3.27. The molecule has 31 heavy (non-hydrogen) atoms. The van der Waals surface area contributed by atoms with Crippen LogP contribution in [0.25, 0.3) is 16.6 Å². The molecule has 170 valence electrons. The van der Waals surface area contributed by atoms with Crippen molar-refractivity contribution in [2.45, 2.75) is 65.2 Å². The molecule has 3 heterocycles. The van der Waals surface area contributed by atoms with Gasteiger partial charge < -0.3 is 14.4 Å². The molecule has 0 spiro atoms. The maximum absolute atomic E-state index is 12.4. The van der Waals surface area contributed by atoms with Gasteiger partial charge in [-0.25, -0.2) is 14.5 Å². The zero-order valence-electron chi connectivity index (χ0n) is 19.4. The Bertz CT molecular complexity index is 976. The van der Waals surface area contributed by atoms with Gasteiger partial charge in [0.1, 0.15) is 12.3 Å². The number of rotatable bonds is 6. The molecule has 2 aromatic rings. The third-order valence-electron chi connectivity index (χ3n) is 4.93. The Morgan fingerprint density at radius 3 is 2.65 bits per heavy atom. The SMILES string of the molecule is CC(C)(C)OC(=O)N1CC=C(c2nn(COCC[Si](C)(C)C)c3ncc(Br)cc23)CC1. The summed E-state index contributed by atoms with van der Waals surface area (Å²) >= 11 is 3.53. The number of nitrogens with zero attached hydrogens (tertiary/aromatic N) is 4. The predicted molar refractivity (Wildman–Crippen MR) is 130 cm³/mol. The Kier molecular flexibility index (Phi) is 7.27. The minimum Gasteiger partial charge on any atom is -0.444 e. The van der Waals surface area contributed by atoms with Crippen molar-refractivity contribution in [2.75, 3.05) is 19.7 Å². The van der Waals surface area contributed by atoms with E-state index in [-0.39, 0.29) is 6.09 Å². The molecular formula is C22H33BrN4O3Si. The lowest BCUT2D eigenvalue weighted by Crippen LogP contribution is -2.39. The average molecular weight is 510 g/mol. The van der Waals surface area contributed by atoms with Gasteiger partial charge in [0.05, 0.1) is 5.69 Å². The van der Waals surface area contributed by atoms with E-state index in [2.05, 4.69) is 46.6 Å². The van der Waals surface area contributed by atoms with Crippen molar-refractivity contribution in [2.24, 2.45) is 0 Å². The van der Waals surface area contributed by atoms with E-state index in [0.29, 0.717) is 26.2 Å². The van der Waals surface area contributed by atoms with Crippen LogP contribution in [-0.2, 0) is 16.2 Å². The number of carbonyl (C=O) groups excluding carboxylic acids is 1. The van der Waals surface area contributed by atoms with Crippen LogP contribution in [0.5, 0.6) is 0 Å². The summed E-state index contributed by atoms with van der Waals surface area (Å²) in [4.78, 5) is 18.7. The van der Waals surface area contributed by atoms with E-state index in [1.165, 1.54) is 0 Å². The van der Waals surface area contributed by atoms with Crippen molar-refractivity contribution in [3.8, 4) is 0 Å². The van der Waals surface area contributed by atoms with Crippen LogP contribution < -0.4 is 0 Å². The lowest BCUT2D eigenvalue weighted by Gasteiger charge is -2.29. The fraction of sp³-hybridized carbons (Fsp3) is 0.591. The molecule has 0 fully saturated rings. The van der Waals surface area contributed by atoms with E-state index in [0.717, 1.165) is 39.4 Å². The third-order valence-corrected chi connectivity index (χ3v) is 7.07. The molecule has 1 aliphatic heterocycles. The Balaban J connectivity index is 1.77.